The Morgan fingerprint density at radius 2 is 2.07 bits per heavy atom. The number of hydrogen-bond donors (Lipinski definition) is 4. The van der Waals surface area contributed by atoms with Gasteiger partial charge < -0.3 is 27.0 Å². The van der Waals surface area contributed by atoms with E-state index in [4.69, 9.17) is 11.5 Å². The Balaban J connectivity index is 1.82. The monoisotopic (exact) mass is 369 g/mol. The highest BCUT2D eigenvalue weighted by atomic mass is 16.1. The Morgan fingerprint density at radius 3 is 2.78 bits per heavy atom. The molecule has 1 atom stereocenters. The number of nitrogens with zero attached hydrogens (tertiary/aromatic N) is 3. The van der Waals surface area contributed by atoms with Crippen LogP contribution in [0, 0.1) is 0 Å². The number of hydrogen-bond acceptors (Lipinski definition) is 7. The fourth-order valence-electron chi connectivity index (χ4n) is 3.24. The van der Waals surface area contributed by atoms with Crippen molar-refractivity contribution in [2.45, 2.75) is 39.2 Å². The first-order chi connectivity index (χ1) is 12.9. The normalized spacial score (nSPS) is 16.4. The van der Waals surface area contributed by atoms with Crippen LogP contribution in [0.1, 0.15) is 32.4 Å². The number of carbonyl (C=O) groups excluding carboxylic acids is 1. The van der Waals surface area contributed by atoms with E-state index in [9.17, 15) is 4.79 Å². The highest BCUT2D eigenvalue weighted by Gasteiger charge is 2.24. The second-order valence-corrected chi connectivity index (χ2v) is 6.89. The molecule has 0 bridgehead atoms. The molecule has 144 valence electrons. The molecule has 8 nitrogen and oxygen atoms in total. The lowest BCUT2D eigenvalue weighted by Gasteiger charge is -2.19. The molecule has 0 aliphatic carbocycles. The molecule has 1 aliphatic heterocycles. The summed E-state index contributed by atoms with van der Waals surface area (Å²) >= 11 is 0. The number of nitrogen functional groups attached to an aromatic ring is 2. The van der Waals surface area contributed by atoms with E-state index in [2.05, 4.69) is 32.4 Å². The number of aromatic nitrogens is 2. The first-order valence-corrected chi connectivity index (χ1v) is 9.26. The minimum atomic E-state index is -0.000459. The third-order valence-corrected chi connectivity index (χ3v) is 4.53. The van der Waals surface area contributed by atoms with Crippen LogP contribution < -0.4 is 27.0 Å². The minimum absolute atomic E-state index is 0.000459. The van der Waals surface area contributed by atoms with Crippen LogP contribution in [0.25, 0.3) is 0 Å². The maximum atomic E-state index is 11.3. The van der Waals surface area contributed by atoms with Crippen molar-refractivity contribution >= 4 is 34.7 Å². The third kappa shape index (κ3) is 4.78. The van der Waals surface area contributed by atoms with E-state index in [1.165, 1.54) is 0 Å². The van der Waals surface area contributed by atoms with Crippen LogP contribution in [0.3, 0.4) is 0 Å². The van der Waals surface area contributed by atoms with Gasteiger partial charge in [0, 0.05) is 43.5 Å². The van der Waals surface area contributed by atoms with Crippen LogP contribution in [0.2, 0.25) is 0 Å². The fraction of sp³-hybridized carbons (Fsp3) is 0.421. The van der Waals surface area contributed by atoms with Gasteiger partial charge in [-0.25, -0.2) is 4.98 Å². The Morgan fingerprint density at radius 1 is 1.26 bits per heavy atom. The van der Waals surface area contributed by atoms with E-state index < -0.39 is 0 Å². The lowest BCUT2D eigenvalue weighted by molar-refractivity contribution is -0.119. The summed E-state index contributed by atoms with van der Waals surface area (Å²) in [6.45, 7) is 5.27. The lowest BCUT2D eigenvalue weighted by Crippen LogP contribution is -2.35. The molecule has 1 aliphatic rings. The van der Waals surface area contributed by atoms with Gasteiger partial charge in [-0.15, -0.1) is 0 Å². The van der Waals surface area contributed by atoms with Crippen molar-refractivity contribution in [3.05, 3.63) is 30.0 Å². The number of aryl methyl sites for hydroxylation is 1. The first kappa shape index (κ1) is 18.8. The molecule has 0 spiro atoms. The molecule has 1 saturated heterocycles. The molecule has 2 aromatic rings. The van der Waals surface area contributed by atoms with Crippen molar-refractivity contribution in [2.24, 2.45) is 0 Å². The number of carbonyl (C=O) groups is 1. The molecule has 0 saturated carbocycles. The van der Waals surface area contributed by atoms with Crippen molar-refractivity contribution in [1.82, 2.24) is 15.3 Å². The fourth-order valence-corrected chi connectivity index (χ4v) is 3.24. The van der Waals surface area contributed by atoms with Gasteiger partial charge in [0.25, 0.3) is 0 Å². The Hall–Kier alpha value is -3.03. The molecule has 1 aromatic heterocycles. The standard InChI is InChI=1S/C19H27N7O/c1-3-4-13-10-18(26-8-7-15(11-26)22-12(2)27)25-19(23-13)24-14-5-6-16(20)17(21)9-14/h5-6,9-10,15H,3-4,7-8,11,20-21H2,1-2H3,(H,22,27)(H,23,24,25)/t15-/m0/s1. The second kappa shape index (κ2) is 8.11. The average Bonchev–Trinajstić information content (AvgIpc) is 3.06. The largest absolute Gasteiger partial charge is 0.397 e. The van der Waals surface area contributed by atoms with Crippen molar-refractivity contribution < 1.29 is 4.79 Å². The molecule has 0 unspecified atom stereocenters. The number of anilines is 5. The van der Waals surface area contributed by atoms with Crippen LogP contribution >= 0.6 is 0 Å². The maximum Gasteiger partial charge on any atom is 0.229 e. The summed E-state index contributed by atoms with van der Waals surface area (Å²) < 4.78 is 0. The van der Waals surface area contributed by atoms with Gasteiger partial charge in [-0.3, -0.25) is 4.79 Å². The molecule has 27 heavy (non-hydrogen) atoms. The number of nitrogens with one attached hydrogen (secondary N) is 2. The Kier molecular flexibility index (Phi) is 5.63. The van der Waals surface area contributed by atoms with E-state index in [1.54, 1.807) is 19.1 Å². The zero-order valence-corrected chi connectivity index (χ0v) is 15.8. The lowest BCUT2D eigenvalue weighted by atomic mass is 10.2. The van der Waals surface area contributed by atoms with Gasteiger partial charge in [-0.1, -0.05) is 13.3 Å². The van der Waals surface area contributed by atoms with E-state index in [1.807, 2.05) is 12.1 Å². The number of benzene rings is 1. The van der Waals surface area contributed by atoms with Gasteiger partial charge in [-0.05, 0) is 31.0 Å². The van der Waals surface area contributed by atoms with Gasteiger partial charge in [0.15, 0.2) is 0 Å². The quantitative estimate of drug-likeness (QED) is 0.575. The Bertz CT molecular complexity index is 824. The van der Waals surface area contributed by atoms with Crippen LogP contribution in [0.4, 0.5) is 28.8 Å². The summed E-state index contributed by atoms with van der Waals surface area (Å²) in [5.74, 6) is 1.40. The first-order valence-electron chi connectivity index (χ1n) is 9.26. The summed E-state index contributed by atoms with van der Waals surface area (Å²) in [5.41, 5.74) is 14.5. The minimum Gasteiger partial charge on any atom is -0.397 e. The summed E-state index contributed by atoms with van der Waals surface area (Å²) in [6, 6.07) is 7.56. The summed E-state index contributed by atoms with van der Waals surface area (Å²) in [4.78, 5) is 22.8. The average molecular weight is 369 g/mol. The van der Waals surface area contributed by atoms with Crippen molar-refractivity contribution in [1.29, 1.82) is 0 Å². The predicted octanol–water partition coefficient (Wildman–Crippen LogP) is 2.05. The van der Waals surface area contributed by atoms with Gasteiger partial charge in [0.05, 0.1) is 11.4 Å². The Labute approximate surface area is 159 Å². The zero-order chi connectivity index (χ0) is 19.4. The zero-order valence-electron chi connectivity index (χ0n) is 15.8. The summed E-state index contributed by atoms with van der Waals surface area (Å²) in [5, 5.41) is 6.21. The maximum absolute atomic E-state index is 11.3. The van der Waals surface area contributed by atoms with Gasteiger partial charge in [0.1, 0.15) is 5.82 Å². The molecular weight excluding hydrogens is 342 g/mol. The van der Waals surface area contributed by atoms with E-state index in [0.717, 1.165) is 49.6 Å². The molecule has 1 aromatic carbocycles. The van der Waals surface area contributed by atoms with Crippen LogP contribution in [-0.4, -0.2) is 35.0 Å². The SMILES string of the molecule is CCCc1cc(N2CC[C@H](NC(C)=O)C2)nc(Nc2ccc(N)c(N)c2)n1. The molecular formula is C19H27N7O. The smallest absolute Gasteiger partial charge is 0.229 e. The van der Waals surface area contributed by atoms with Crippen molar-refractivity contribution in [3.8, 4) is 0 Å². The molecule has 3 rings (SSSR count). The highest BCUT2D eigenvalue weighted by Crippen LogP contribution is 2.25. The topological polar surface area (TPSA) is 122 Å². The summed E-state index contributed by atoms with van der Waals surface area (Å²) in [6.07, 6.45) is 2.78. The van der Waals surface area contributed by atoms with Crippen molar-refractivity contribution in [2.75, 3.05) is 34.8 Å². The molecule has 6 N–H and O–H groups in total. The molecule has 1 amide bonds. The van der Waals surface area contributed by atoms with Crippen molar-refractivity contribution in [3.63, 3.8) is 0 Å². The van der Waals surface area contributed by atoms with E-state index in [-0.39, 0.29) is 11.9 Å². The molecule has 8 heteroatoms. The molecule has 1 fully saturated rings. The second-order valence-electron chi connectivity index (χ2n) is 6.89. The van der Waals surface area contributed by atoms with Crippen LogP contribution in [0.15, 0.2) is 24.3 Å². The van der Waals surface area contributed by atoms with Crippen LogP contribution in [-0.2, 0) is 11.2 Å². The number of nitrogens with two attached hydrogens (primary N) is 2. The third-order valence-electron chi connectivity index (χ3n) is 4.53. The highest BCUT2D eigenvalue weighted by molar-refractivity contribution is 5.73. The predicted molar refractivity (Wildman–Crippen MR) is 109 cm³/mol. The molecule has 2 heterocycles. The van der Waals surface area contributed by atoms with Gasteiger partial charge in [-0.2, -0.15) is 4.98 Å². The van der Waals surface area contributed by atoms with E-state index in [0.29, 0.717) is 17.3 Å². The summed E-state index contributed by atoms with van der Waals surface area (Å²) in [7, 11) is 0. The van der Waals surface area contributed by atoms with E-state index >= 15 is 0 Å². The number of rotatable bonds is 6. The molecule has 0 radical (unpaired) electrons. The van der Waals surface area contributed by atoms with Gasteiger partial charge in [0.2, 0.25) is 11.9 Å². The van der Waals surface area contributed by atoms with Gasteiger partial charge >= 0.3 is 0 Å². The number of amides is 1. The van der Waals surface area contributed by atoms with Crippen LogP contribution in [0.5, 0.6) is 0 Å².